The van der Waals surface area contributed by atoms with Crippen LogP contribution in [0.15, 0.2) is 12.2 Å². The van der Waals surface area contributed by atoms with E-state index in [4.69, 9.17) is 9.84 Å². The van der Waals surface area contributed by atoms with Crippen LogP contribution in [0, 0.1) is 5.92 Å². The molecule has 1 saturated heterocycles. The summed E-state index contributed by atoms with van der Waals surface area (Å²) in [4.78, 5) is 10.8. The summed E-state index contributed by atoms with van der Waals surface area (Å²) >= 11 is 0. The van der Waals surface area contributed by atoms with Crippen molar-refractivity contribution in [3.8, 4) is 0 Å². The zero-order valence-electron chi connectivity index (χ0n) is 6.28. The van der Waals surface area contributed by atoms with Crippen LogP contribution in [-0.2, 0) is 9.53 Å². The predicted molar refractivity (Wildman–Crippen MR) is 38.2 cm³/mol. The van der Waals surface area contributed by atoms with E-state index in [0.717, 1.165) is 6.42 Å². The van der Waals surface area contributed by atoms with Gasteiger partial charge in [0.15, 0.2) is 5.60 Å². The van der Waals surface area contributed by atoms with Crippen LogP contribution in [0.5, 0.6) is 0 Å². The van der Waals surface area contributed by atoms with Gasteiger partial charge in [0.25, 0.3) is 0 Å². The van der Waals surface area contributed by atoms with Gasteiger partial charge in [-0.1, -0.05) is 12.2 Å². The van der Waals surface area contributed by atoms with Crippen LogP contribution < -0.4 is 0 Å². The highest BCUT2D eigenvalue weighted by Gasteiger charge is 2.51. The van der Waals surface area contributed by atoms with E-state index in [1.165, 1.54) is 0 Å². The third kappa shape index (κ3) is 0.744. The predicted octanol–water partition coefficient (Wildman–Crippen LogP) is 0.805. The van der Waals surface area contributed by atoms with Crippen molar-refractivity contribution in [2.45, 2.75) is 25.0 Å². The molecule has 11 heavy (non-hydrogen) atoms. The van der Waals surface area contributed by atoms with Crippen molar-refractivity contribution in [1.29, 1.82) is 0 Å². The Morgan fingerprint density at radius 3 is 2.73 bits per heavy atom. The van der Waals surface area contributed by atoms with Crippen molar-refractivity contribution < 1.29 is 14.6 Å². The molecule has 1 N–H and O–H groups in total. The van der Waals surface area contributed by atoms with Crippen LogP contribution in [0.1, 0.15) is 13.3 Å². The normalized spacial score (nSPS) is 46.6. The molecule has 0 aromatic rings. The highest BCUT2D eigenvalue weighted by Crippen LogP contribution is 2.42. The summed E-state index contributed by atoms with van der Waals surface area (Å²) < 4.78 is 5.32. The third-order valence-electron chi connectivity index (χ3n) is 2.57. The number of carboxylic acids is 1. The molecule has 2 bridgehead atoms. The van der Waals surface area contributed by atoms with Crippen molar-refractivity contribution in [3.63, 3.8) is 0 Å². The highest BCUT2D eigenvalue weighted by atomic mass is 16.5. The largest absolute Gasteiger partial charge is 0.479 e. The molecule has 3 atom stereocenters. The molecule has 0 amide bonds. The van der Waals surface area contributed by atoms with Gasteiger partial charge in [0.05, 0.1) is 6.10 Å². The number of hydrogen-bond acceptors (Lipinski definition) is 2. The van der Waals surface area contributed by atoms with Crippen molar-refractivity contribution in [2.75, 3.05) is 0 Å². The van der Waals surface area contributed by atoms with Gasteiger partial charge in [-0.2, -0.15) is 0 Å². The molecular weight excluding hydrogens is 144 g/mol. The van der Waals surface area contributed by atoms with Gasteiger partial charge in [-0.3, -0.25) is 0 Å². The Morgan fingerprint density at radius 1 is 1.73 bits per heavy atom. The first-order valence-electron chi connectivity index (χ1n) is 3.72. The third-order valence-corrected chi connectivity index (χ3v) is 2.57. The highest BCUT2D eigenvalue weighted by molar-refractivity contribution is 5.78. The molecule has 3 unspecified atom stereocenters. The number of carboxylic acid groups (broad SMARTS) is 1. The summed E-state index contributed by atoms with van der Waals surface area (Å²) in [5.41, 5.74) is -0.959. The first-order valence-corrected chi connectivity index (χ1v) is 3.72. The zero-order chi connectivity index (χ0) is 8.06. The summed E-state index contributed by atoms with van der Waals surface area (Å²) in [5, 5.41) is 8.84. The van der Waals surface area contributed by atoms with Gasteiger partial charge < -0.3 is 9.84 Å². The molecule has 3 heteroatoms. The quantitative estimate of drug-likeness (QED) is 0.568. The standard InChI is InChI=1S/C8H10O3/c1-8(7(9)10)5-2-3-6(4-5)11-8/h2-3,5-6H,4H2,1H3,(H,9,10). The van der Waals surface area contributed by atoms with Crippen LogP contribution in [0.2, 0.25) is 0 Å². The Morgan fingerprint density at radius 2 is 2.45 bits per heavy atom. The van der Waals surface area contributed by atoms with E-state index < -0.39 is 11.6 Å². The minimum atomic E-state index is -0.959. The van der Waals surface area contributed by atoms with Gasteiger partial charge >= 0.3 is 5.97 Å². The van der Waals surface area contributed by atoms with Crippen molar-refractivity contribution >= 4 is 5.97 Å². The molecule has 1 fully saturated rings. The van der Waals surface area contributed by atoms with Gasteiger partial charge in [0.2, 0.25) is 0 Å². The lowest BCUT2D eigenvalue weighted by molar-refractivity contribution is -0.163. The smallest absolute Gasteiger partial charge is 0.336 e. The molecule has 1 aliphatic carbocycles. The summed E-state index contributed by atoms with van der Waals surface area (Å²) in [6.07, 6.45) is 4.77. The lowest BCUT2D eigenvalue weighted by Crippen LogP contribution is -2.41. The van der Waals surface area contributed by atoms with Crippen molar-refractivity contribution in [3.05, 3.63) is 12.2 Å². The minimum Gasteiger partial charge on any atom is -0.479 e. The Balaban J connectivity index is 2.30. The second-order valence-corrected chi connectivity index (χ2v) is 3.30. The molecule has 0 aromatic carbocycles. The summed E-state index contributed by atoms with van der Waals surface area (Å²) in [6, 6.07) is 0. The molecule has 0 spiro atoms. The monoisotopic (exact) mass is 154 g/mol. The van der Waals surface area contributed by atoms with Gasteiger partial charge in [-0.25, -0.2) is 4.79 Å². The fraction of sp³-hybridized carbons (Fsp3) is 0.625. The molecule has 0 saturated carbocycles. The lowest BCUT2D eigenvalue weighted by atomic mass is 9.91. The van der Waals surface area contributed by atoms with Crippen molar-refractivity contribution in [2.24, 2.45) is 5.92 Å². The maximum absolute atomic E-state index is 10.8. The number of hydrogen-bond donors (Lipinski definition) is 1. The topological polar surface area (TPSA) is 46.5 Å². The van der Waals surface area contributed by atoms with E-state index in [0.29, 0.717) is 0 Å². The first kappa shape index (κ1) is 6.85. The zero-order valence-corrected chi connectivity index (χ0v) is 6.28. The summed E-state index contributed by atoms with van der Waals surface area (Å²) in [7, 11) is 0. The van der Waals surface area contributed by atoms with Gasteiger partial charge in [0.1, 0.15) is 0 Å². The average Bonchev–Trinajstić information content (AvgIpc) is 2.45. The average molecular weight is 154 g/mol. The second kappa shape index (κ2) is 1.85. The van der Waals surface area contributed by atoms with E-state index in [9.17, 15) is 4.79 Å². The maximum Gasteiger partial charge on any atom is 0.336 e. The SMILES string of the molecule is CC1(C(=O)O)OC2C=CC1C2. The maximum atomic E-state index is 10.8. The van der Waals surface area contributed by atoms with Gasteiger partial charge in [-0.15, -0.1) is 0 Å². The first-order chi connectivity index (χ1) is 5.13. The molecule has 1 aliphatic heterocycles. The fourth-order valence-corrected chi connectivity index (χ4v) is 1.77. The van der Waals surface area contributed by atoms with Crippen LogP contribution in [0.25, 0.3) is 0 Å². The molecule has 2 aliphatic rings. The van der Waals surface area contributed by atoms with Gasteiger partial charge in [0, 0.05) is 5.92 Å². The van der Waals surface area contributed by atoms with E-state index in [-0.39, 0.29) is 12.0 Å². The number of rotatable bonds is 1. The van der Waals surface area contributed by atoms with E-state index in [1.807, 2.05) is 12.2 Å². The Hall–Kier alpha value is -0.830. The van der Waals surface area contributed by atoms with Gasteiger partial charge in [-0.05, 0) is 13.3 Å². The van der Waals surface area contributed by atoms with Crippen molar-refractivity contribution in [1.82, 2.24) is 0 Å². The van der Waals surface area contributed by atoms with Crippen LogP contribution >= 0.6 is 0 Å². The molecule has 2 rings (SSSR count). The number of fused-ring (bicyclic) bond motifs is 2. The molecule has 60 valence electrons. The molecule has 0 radical (unpaired) electrons. The lowest BCUT2D eigenvalue weighted by Gasteiger charge is -2.25. The van der Waals surface area contributed by atoms with E-state index >= 15 is 0 Å². The summed E-state index contributed by atoms with van der Waals surface area (Å²) in [6.45, 7) is 1.64. The fourth-order valence-electron chi connectivity index (χ4n) is 1.77. The molecule has 3 nitrogen and oxygen atoms in total. The second-order valence-electron chi connectivity index (χ2n) is 3.30. The molecule has 0 aromatic heterocycles. The summed E-state index contributed by atoms with van der Waals surface area (Å²) in [5.74, 6) is -0.778. The number of ether oxygens (including phenoxy) is 1. The van der Waals surface area contributed by atoms with E-state index in [1.54, 1.807) is 6.92 Å². The minimum absolute atomic E-state index is 0.0427. The van der Waals surface area contributed by atoms with E-state index in [2.05, 4.69) is 0 Å². The Kier molecular flexibility index (Phi) is 1.16. The van der Waals surface area contributed by atoms with Crippen LogP contribution in [-0.4, -0.2) is 22.8 Å². The Labute approximate surface area is 64.7 Å². The van der Waals surface area contributed by atoms with Crippen LogP contribution in [0.3, 0.4) is 0 Å². The van der Waals surface area contributed by atoms with Crippen LogP contribution in [0.4, 0.5) is 0 Å². The molecular formula is C8H10O3. The Bertz CT molecular complexity index is 233. The number of aliphatic carboxylic acids is 1. The number of carbonyl (C=O) groups is 1. The molecule has 1 heterocycles.